The molecule has 0 amide bonds. The molecular weight excluding hydrogens is 166 g/mol. The fourth-order valence-corrected chi connectivity index (χ4v) is 1.12. The molecule has 1 aromatic rings. The van der Waals surface area contributed by atoms with E-state index in [-0.39, 0.29) is 5.78 Å². The lowest BCUT2D eigenvalue weighted by Gasteiger charge is -1.95. The molecule has 4 heteroatoms. The van der Waals surface area contributed by atoms with Crippen molar-refractivity contribution in [1.82, 2.24) is 15.1 Å². The van der Waals surface area contributed by atoms with Gasteiger partial charge in [-0.15, -0.1) is 0 Å². The standard InChI is InChI=1S/C9H15N3O/c1-3-4-12-7-8(5-11-12)9(13)6-10-2/h5,7,10H,3-4,6H2,1-2H3. The van der Waals surface area contributed by atoms with Gasteiger partial charge in [-0.25, -0.2) is 0 Å². The zero-order valence-electron chi connectivity index (χ0n) is 8.08. The summed E-state index contributed by atoms with van der Waals surface area (Å²) < 4.78 is 1.79. The molecule has 0 aromatic carbocycles. The molecule has 0 atom stereocenters. The van der Waals surface area contributed by atoms with E-state index in [9.17, 15) is 4.79 Å². The predicted molar refractivity (Wildman–Crippen MR) is 50.8 cm³/mol. The van der Waals surface area contributed by atoms with Crippen LogP contribution in [0, 0.1) is 0 Å². The SMILES string of the molecule is CCCn1cc(C(=O)CNC)cn1. The summed E-state index contributed by atoms with van der Waals surface area (Å²) >= 11 is 0. The monoisotopic (exact) mass is 181 g/mol. The van der Waals surface area contributed by atoms with Crippen molar-refractivity contribution in [2.45, 2.75) is 19.9 Å². The van der Waals surface area contributed by atoms with Crippen LogP contribution >= 0.6 is 0 Å². The van der Waals surface area contributed by atoms with Gasteiger partial charge in [0.25, 0.3) is 0 Å². The third-order valence-corrected chi connectivity index (χ3v) is 1.75. The summed E-state index contributed by atoms with van der Waals surface area (Å²) in [7, 11) is 1.76. The number of likely N-dealkylation sites (N-methyl/N-ethyl adjacent to an activating group) is 1. The number of carbonyl (C=O) groups excluding carboxylic acids is 1. The summed E-state index contributed by atoms with van der Waals surface area (Å²) in [5.74, 6) is 0.0878. The second-order valence-corrected chi connectivity index (χ2v) is 2.95. The van der Waals surface area contributed by atoms with Crippen molar-refractivity contribution >= 4 is 5.78 Å². The number of rotatable bonds is 5. The molecule has 1 rings (SSSR count). The Morgan fingerprint density at radius 2 is 2.46 bits per heavy atom. The average Bonchev–Trinajstić information content (AvgIpc) is 2.54. The molecule has 0 aliphatic rings. The Bertz CT molecular complexity index is 280. The molecular formula is C9H15N3O. The number of aryl methyl sites for hydroxylation is 1. The minimum atomic E-state index is 0.0878. The van der Waals surface area contributed by atoms with E-state index in [1.807, 2.05) is 0 Å². The molecule has 0 radical (unpaired) electrons. The van der Waals surface area contributed by atoms with E-state index < -0.39 is 0 Å². The van der Waals surface area contributed by atoms with E-state index in [4.69, 9.17) is 0 Å². The van der Waals surface area contributed by atoms with Crippen molar-refractivity contribution in [2.75, 3.05) is 13.6 Å². The van der Waals surface area contributed by atoms with Gasteiger partial charge >= 0.3 is 0 Å². The number of Topliss-reactive ketones (excluding diaryl/α,β-unsaturated/α-hetero) is 1. The maximum Gasteiger partial charge on any atom is 0.179 e. The van der Waals surface area contributed by atoms with Crippen molar-refractivity contribution in [3.05, 3.63) is 18.0 Å². The van der Waals surface area contributed by atoms with Crippen LogP contribution in [0.1, 0.15) is 23.7 Å². The fourth-order valence-electron chi connectivity index (χ4n) is 1.12. The first-order valence-electron chi connectivity index (χ1n) is 4.48. The maximum atomic E-state index is 11.3. The molecule has 0 unspecified atom stereocenters. The molecule has 1 heterocycles. The number of hydrogen-bond acceptors (Lipinski definition) is 3. The average molecular weight is 181 g/mol. The number of nitrogens with zero attached hydrogens (tertiary/aromatic N) is 2. The van der Waals surface area contributed by atoms with Gasteiger partial charge in [-0.1, -0.05) is 6.92 Å². The molecule has 0 spiro atoms. The minimum absolute atomic E-state index is 0.0878. The summed E-state index contributed by atoms with van der Waals surface area (Å²) in [6.07, 6.45) is 4.44. The van der Waals surface area contributed by atoms with Crippen LogP contribution in [0.4, 0.5) is 0 Å². The van der Waals surface area contributed by atoms with E-state index in [2.05, 4.69) is 17.3 Å². The van der Waals surface area contributed by atoms with Crippen LogP contribution in [0.5, 0.6) is 0 Å². The molecule has 0 bridgehead atoms. The second kappa shape index (κ2) is 4.77. The smallest absolute Gasteiger partial charge is 0.179 e. The predicted octanol–water partition coefficient (Wildman–Crippen LogP) is 0.695. The minimum Gasteiger partial charge on any atom is -0.313 e. The highest BCUT2D eigenvalue weighted by molar-refractivity contribution is 5.97. The van der Waals surface area contributed by atoms with Gasteiger partial charge in [0.15, 0.2) is 5.78 Å². The van der Waals surface area contributed by atoms with Gasteiger partial charge in [0.1, 0.15) is 0 Å². The van der Waals surface area contributed by atoms with Crippen molar-refractivity contribution in [3.8, 4) is 0 Å². The number of aromatic nitrogens is 2. The van der Waals surface area contributed by atoms with Gasteiger partial charge in [0, 0.05) is 12.7 Å². The first kappa shape index (κ1) is 9.92. The molecule has 0 saturated carbocycles. The second-order valence-electron chi connectivity index (χ2n) is 2.95. The lowest BCUT2D eigenvalue weighted by atomic mass is 10.2. The fraction of sp³-hybridized carbons (Fsp3) is 0.556. The third-order valence-electron chi connectivity index (χ3n) is 1.75. The summed E-state index contributed by atoms with van der Waals surface area (Å²) in [5.41, 5.74) is 0.683. The number of nitrogens with one attached hydrogen (secondary N) is 1. The molecule has 4 nitrogen and oxygen atoms in total. The highest BCUT2D eigenvalue weighted by atomic mass is 16.1. The van der Waals surface area contributed by atoms with Crippen LogP contribution < -0.4 is 5.32 Å². The van der Waals surface area contributed by atoms with Gasteiger partial charge in [-0.3, -0.25) is 9.48 Å². The molecule has 0 aliphatic carbocycles. The van der Waals surface area contributed by atoms with Crippen molar-refractivity contribution in [1.29, 1.82) is 0 Å². The molecule has 0 aliphatic heterocycles. The quantitative estimate of drug-likeness (QED) is 0.680. The Hall–Kier alpha value is -1.16. The van der Waals surface area contributed by atoms with Crippen molar-refractivity contribution in [2.24, 2.45) is 0 Å². The normalized spacial score (nSPS) is 10.3. The van der Waals surface area contributed by atoms with Gasteiger partial charge in [-0.2, -0.15) is 5.10 Å². The Kier molecular flexibility index (Phi) is 3.64. The van der Waals surface area contributed by atoms with E-state index in [1.165, 1.54) is 0 Å². The largest absolute Gasteiger partial charge is 0.313 e. The molecule has 13 heavy (non-hydrogen) atoms. The van der Waals surface area contributed by atoms with Crippen molar-refractivity contribution in [3.63, 3.8) is 0 Å². The maximum absolute atomic E-state index is 11.3. The molecule has 72 valence electrons. The van der Waals surface area contributed by atoms with Crippen LogP contribution in [0.2, 0.25) is 0 Å². The van der Waals surface area contributed by atoms with Crippen LogP contribution in [0.15, 0.2) is 12.4 Å². The zero-order chi connectivity index (χ0) is 9.68. The lowest BCUT2D eigenvalue weighted by Crippen LogP contribution is -2.18. The third kappa shape index (κ3) is 2.66. The van der Waals surface area contributed by atoms with E-state index in [0.29, 0.717) is 12.1 Å². The van der Waals surface area contributed by atoms with Gasteiger partial charge in [0.2, 0.25) is 0 Å². The van der Waals surface area contributed by atoms with Gasteiger partial charge in [0.05, 0.1) is 18.3 Å². The number of ketones is 1. The van der Waals surface area contributed by atoms with Crippen molar-refractivity contribution < 1.29 is 4.79 Å². The van der Waals surface area contributed by atoms with Crippen LogP contribution in [0.3, 0.4) is 0 Å². The van der Waals surface area contributed by atoms with Gasteiger partial charge < -0.3 is 5.32 Å². The van der Waals surface area contributed by atoms with Crippen LogP contribution in [-0.2, 0) is 6.54 Å². The Morgan fingerprint density at radius 3 is 3.08 bits per heavy atom. The highest BCUT2D eigenvalue weighted by Crippen LogP contribution is 1.99. The lowest BCUT2D eigenvalue weighted by molar-refractivity contribution is 0.0993. The summed E-state index contributed by atoms with van der Waals surface area (Å²) in [6, 6.07) is 0. The summed E-state index contributed by atoms with van der Waals surface area (Å²) in [5, 5.41) is 6.90. The zero-order valence-corrected chi connectivity index (χ0v) is 8.08. The van der Waals surface area contributed by atoms with E-state index in [1.54, 1.807) is 24.1 Å². The van der Waals surface area contributed by atoms with Crippen LogP contribution in [-0.4, -0.2) is 29.2 Å². The number of carbonyl (C=O) groups is 1. The molecule has 1 N–H and O–H groups in total. The van der Waals surface area contributed by atoms with Gasteiger partial charge in [-0.05, 0) is 13.5 Å². The first-order valence-corrected chi connectivity index (χ1v) is 4.48. The molecule has 1 aromatic heterocycles. The van der Waals surface area contributed by atoms with Crippen LogP contribution in [0.25, 0.3) is 0 Å². The Morgan fingerprint density at radius 1 is 1.69 bits per heavy atom. The molecule has 0 saturated heterocycles. The topological polar surface area (TPSA) is 46.9 Å². The number of hydrogen-bond donors (Lipinski definition) is 1. The highest BCUT2D eigenvalue weighted by Gasteiger charge is 2.06. The summed E-state index contributed by atoms with van der Waals surface area (Å²) in [4.78, 5) is 11.3. The van der Waals surface area contributed by atoms with E-state index >= 15 is 0 Å². The Labute approximate surface area is 77.9 Å². The van der Waals surface area contributed by atoms with E-state index in [0.717, 1.165) is 13.0 Å². The Balaban J connectivity index is 2.62. The molecule has 0 fully saturated rings. The first-order chi connectivity index (χ1) is 6.27. The summed E-state index contributed by atoms with van der Waals surface area (Å²) in [6.45, 7) is 3.32.